The van der Waals surface area contributed by atoms with Crippen molar-refractivity contribution in [3.63, 3.8) is 0 Å². The molecule has 0 saturated carbocycles. The molecule has 4 heteroatoms. The van der Waals surface area contributed by atoms with E-state index in [1.165, 1.54) is 5.69 Å². The second-order valence-corrected chi connectivity index (χ2v) is 5.98. The number of aliphatic hydroxyl groups is 1. The Balaban J connectivity index is 1.74. The first-order valence-corrected chi connectivity index (χ1v) is 8.12. The van der Waals surface area contributed by atoms with E-state index in [9.17, 15) is 0 Å². The zero-order chi connectivity index (χ0) is 15.1. The number of likely N-dealkylation sites (tertiary alicyclic amines) is 1. The van der Waals surface area contributed by atoms with Gasteiger partial charge < -0.3 is 14.7 Å². The lowest BCUT2D eigenvalue weighted by atomic mass is 10.0. The summed E-state index contributed by atoms with van der Waals surface area (Å²) in [6.07, 6.45) is 5.52. The summed E-state index contributed by atoms with van der Waals surface area (Å²) in [6, 6.07) is 4.26. The maximum Gasteiger partial charge on any atom is 0.0735 e. The van der Waals surface area contributed by atoms with Crippen LogP contribution < -0.4 is 0 Å². The molecule has 1 unspecified atom stereocenters. The molecule has 0 spiro atoms. The second-order valence-electron chi connectivity index (χ2n) is 5.98. The molecule has 1 aromatic rings. The summed E-state index contributed by atoms with van der Waals surface area (Å²) >= 11 is 0. The minimum Gasteiger partial charge on any atom is -0.395 e. The number of aliphatic hydroxyl groups excluding tert-OH is 1. The minimum absolute atomic E-state index is 0.250. The standard InChI is InChI=1S/C17H28N2O2/c1-3-14(2)17-5-4-15(12-18-17)13-21-16-6-8-19(9-7-16)10-11-20/h4-5,12,14,16,20H,3,6-11,13H2,1-2H3. The molecule has 0 amide bonds. The summed E-state index contributed by atoms with van der Waals surface area (Å²) in [4.78, 5) is 6.83. The SMILES string of the molecule is CCC(C)c1ccc(COC2CCN(CCO)CC2)cn1. The highest BCUT2D eigenvalue weighted by Gasteiger charge is 2.19. The Morgan fingerprint density at radius 3 is 2.71 bits per heavy atom. The van der Waals surface area contributed by atoms with Gasteiger partial charge >= 0.3 is 0 Å². The largest absolute Gasteiger partial charge is 0.395 e. The van der Waals surface area contributed by atoms with E-state index >= 15 is 0 Å². The van der Waals surface area contributed by atoms with Gasteiger partial charge in [-0.2, -0.15) is 0 Å². The molecule has 1 aliphatic heterocycles. The highest BCUT2D eigenvalue weighted by molar-refractivity contribution is 5.15. The normalized spacial score (nSPS) is 18.8. The average molecular weight is 292 g/mol. The van der Waals surface area contributed by atoms with Crippen LogP contribution in [0, 0.1) is 0 Å². The first-order valence-electron chi connectivity index (χ1n) is 8.12. The maximum atomic E-state index is 8.94. The summed E-state index contributed by atoms with van der Waals surface area (Å²) < 4.78 is 5.99. The van der Waals surface area contributed by atoms with Gasteiger partial charge in [-0.25, -0.2) is 0 Å². The van der Waals surface area contributed by atoms with Crippen LogP contribution in [-0.4, -0.2) is 47.3 Å². The number of pyridine rings is 1. The van der Waals surface area contributed by atoms with E-state index in [2.05, 4.69) is 35.9 Å². The van der Waals surface area contributed by atoms with Gasteiger partial charge in [0.1, 0.15) is 0 Å². The molecule has 0 radical (unpaired) electrons. The quantitative estimate of drug-likeness (QED) is 0.839. The molecule has 0 aromatic carbocycles. The molecule has 1 saturated heterocycles. The van der Waals surface area contributed by atoms with Gasteiger partial charge in [0.2, 0.25) is 0 Å². The number of hydrogen-bond acceptors (Lipinski definition) is 4. The molecule has 1 aromatic heterocycles. The summed E-state index contributed by atoms with van der Waals surface area (Å²) in [5.74, 6) is 0.524. The Kier molecular flexibility index (Phi) is 6.61. The number of rotatable bonds is 7. The van der Waals surface area contributed by atoms with Crippen LogP contribution in [-0.2, 0) is 11.3 Å². The van der Waals surface area contributed by atoms with Crippen LogP contribution in [0.1, 0.15) is 50.3 Å². The summed E-state index contributed by atoms with van der Waals surface area (Å²) in [6.45, 7) is 8.13. The third-order valence-electron chi connectivity index (χ3n) is 4.40. The molecule has 118 valence electrons. The van der Waals surface area contributed by atoms with Gasteiger partial charge in [0.15, 0.2) is 0 Å². The highest BCUT2D eigenvalue weighted by Crippen LogP contribution is 2.18. The van der Waals surface area contributed by atoms with Gasteiger partial charge in [-0.3, -0.25) is 4.98 Å². The van der Waals surface area contributed by atoms with E-state index in [-0.39, 0.29) is 6.61 Å². The van der Waals surface area contributed by atoms with Crippen LogP contribution in [0.2, 0.25) is 0 Å². The molecule has 0 aliphatic carbocycles. The average Bonchev–Trinajstić information content (AvgIpc) is 2.54. The lowest BCUT2D eigenvalue weighted by Gasteiger charge is -2.31. The second kappa shape index (κ2) is 8.47. The number of aromatic nitrogens is 1. The first kappa shape index (κ1) is 16.4. The fourth-order valence-corrected chi connectivity index (χ4v) is 2.68. The van der Waals surface area contributed by atoms with Crippen molar-refractivity contribution in [1.29, 1.82) is 0 Å². The van der Waals surface area contributed by atoms with E-state index in [4.69, 9.17) is 9.84 Å². The molecule has 2 rings (SSSR count). The third kappa shape index (κ3) is 5.06. The molecule has 1 N–H and O–H groups in total. The molecule has 0 bridgehead atoms. The van der Waals surface area contributed by atoms with Crippen molar-refractivity contribution in [2.45, 2.75) is 51.7 Å². The smallest absolute Gasteiger partial charge is 0.0735 e. The Morgan fingerprint density at radius 2 is 2.14 bits per heavy atom. The lowest BCUT2D eigenvalue weighted by Crippen LogP contribution is -2.38. The molecule has 2 heterocycles. The molecule has 4 nitrogen and oxygen atoms in total. The van der Waals surface area contributed by atoms with Crippen molar-refractivity contribution in [2.24, 2.45) is 0 Å². The molecular weight excluding hydrogens is 264 g/mol. The van der Waals surface area contributed by atoms with Crippen molar-refractivity contribution in [3.8, 4) is 0 Å². The van der Waals surface area contributed by atoms with E-state index in [0.717, 1.165) is 44.5 Å². The molecule has 1 aliphatic rings. The number of ether oxygens (including phenoxy) is 1. The van der Waals surface area contributed by atoms with E-state index in [1.807, 2.05) is 6.20 Å². The summed E-state index contributed by atoms with van der Waals surface area (Å²) in [5.41, 5.74) is 2.32. The topological polar surface area (TPSA) is 45.6 Å². The van der Waals surface area contributed by atoms with Gasteiger partial charge in [-0.1, -0.05) is 19.9 Å². The molecule has 1 atom stereocenters. The summed E-state index contributed by atoms with van der Waals surface area (Å²) in [7, 11) is 0. The van der Waals surface area contributed by atoms with Crippen LogP contribution in [0.3, 0.4) is 0 Å². The van der Waals surface area contributed by atoms with Crippen LogP contribution in [0.15, 0.2) is 18.3 Å². The zero-order valence-electron chi connectivity index (χ0n) is 13.3. The molecular formula is C17H28N2O2. The van der Waals surface area contributed by atoms with Crippen molar-refractivity contribution in [2.75, 3.05) is 26.2 Å². The van der Waals surface area contributed by atoms with Crippen LogP contribution >= 0.6 is 0 Å². The number of nitrogens with zero attached hydrogens (tertiary/aromatic N) is 2. The van der Waals surface area contributed by atoms with Crippen LogP contribution in [0.25, 0.3) is 0 Å². The third-order valence-corrected chi connectivity index (χ3v) is 4.40. The minimum atomic E-state index is 0.250. The van der Waals surface area contributed by atoms with Crippen molar-refractivity contribution < 1.29 is 9.84 Å². The Labute approximate surface area is 128 Å². The zero-order valence-corrected chi connectivity index (χ0v) is 13.3. The van der Waals surface area contributed by atoms with Crippen molar-refractivity contribution in [1.82, 2.24) is 9.88 Å². The number of β-amino-alcohol motifs (C(OH)–C–C–N with tert-alkyl or cyclic N) is 1. The highest BCUT2D eigenvalue weighted by atomic mass is 16.5. The molecule has 21 heavy (non-hydrogen) atoms. The predicted molar refractivity (Wildman–Crippen MR) is 84.3 cm³/mol. The van der Waals surface area contributed by atoms with Crippen LogP contribution in [0.5, 0.6) is 0 Å². The monoisotopic (exact) mass is 292 g/mol. The number of hydrogen-bond donors (Lipinski definition) is 1. The van der Waals surface area contributed by atoms with Crippen molar-refractivity contribution >= 4 is 0 Å². The fourth-order valence-electron chi connectivity index (χ4n) is 2.68. The maximum absolute atomic E-state index is 8.94. The van der Waals surface area contributed by atoms with E-state index in [0.29, 0.717) is 18.6 Å². The Bertz CT molecular complexity index is 400. The fraction of sp³-hybridized carbons (Fsp3) is 0.706. The van der Waals surface area contributed by atoms with E-state index < -0.39 is 0 Å². The molecule has 1 fully saturated rings. The Hall–Kier alpha value is -0.970. The van der Waals surface area contributed by atoms with Gasteiger partial charge in [0.25, 0.3) is 0 Å². The van der Waals surface area contributed by atoms with Crippen LogP contribution in [0.4, 0.5) is 0 Å². The van der Waals surface area contributed by atoms with Gasteiger partial charge in [-0.15, -0.1) is 0 Å². The Morgan fingerprint density at radius 1 is 1.38 bits per heavy atom. The number of piperidine rings is 1. The van der Waals surface area contributed by atoms with Crippen molar-refractivity contribution in [3.05, 3.63) is 29.6 Å². The van der Waals surface area contributed by atoms with Gasteiger partial charge in [0.05, 0.1) is 19.3 Å². The van der Waals surface area contributed by atoms with Gasteiger partial charge in [-0.05, 0) is 36.8 Å². The summed E-state index contributed by atoms with van der Waals surface area (Å²) in [5, 5.41) is 8.94. The van der Waals surface area contributed by atoms with Gasteiger partial charge in [0, 0.05) is 31.5 Å². The first-order chi connectivity index (χ1) is 10.2. The predicted octanol–water partition coefficient (Wildman–Crippen LogP) is 2.57. The lowest BCUT2D eigenvalue weighted by molar-refractivity contribution is -0.00492. The van der Waals surface area contributed by atoms with E-state index in [1.54, 1.807) is 0 Å².